The van der Waals surface area contributed by atoms with Crippen molar-refractivity contribution in [2.45, 2.75) is 37.5 Å². The van der Waals surface area contributed by atoms with Gasteiger partial charge in [0, 0.05) is 7.05 Å². The van der Waals surface area contributed by atoms with Crippen LogP contribution < -0.4 is 10.6 Å². The summed E-state index contributed by atoms with van der Waals surface area (Å²) in [6.45, 7) is 0. The predicted octanol–water partition coefficient (Wildman–Crippen LogP) is 3.16. The maximum absolute atomic E-state index is 6.16. The molecule has 3 rings (SSSR count). The Morgan fingerprint density at radius 3 is 2.67 bits per heavy atom. The quantitative estimate of drug-likeness (QED) is 0.897. The van der Waals surface area contributed by atoms with Crippen molar-refractivity contribution in [2.75, 3.05) is 17.7 Å². The first-order valence-corrected chi connectivity index (χ1v) is 6.88. The molecule has 0 amide bonds. The number of pyridine rings is 1. The molecule has 0 radical (unpaired) electrons. The van der Waals surface area contributed by atoms with E-state index in [1.807, 2.05) is 0 Å². The second-order valence-corrected chi connectivity index (χ2v) is 5.57. The van der Waals surface area contributed by atoms with Crippen LogP contribution in [0, 0.1) is 0 Å². The monoisotopic (exact) mass is 287 g/mol. The molecule has 0 saturated carbocycles. The van der Waals surface area contributed by atoms with E-state index in [-0.39, 0.29) is 0 Å². The second kappa shape index (κ2) is 4.76. The molecule has 0 aliphatic carbocycles. The molecular formula is C12H15Cl2N3O. The van der Waals surface area contributed by atoms with Crippen LogP contribution in [0.4, 0.5) is 11.6 Å². The first kappa shape index (κ1) is 12.3. The minimum absolute atomic E-state index is 0.293. The van der Waals surface area contributed by atoms with Crippen molar-refractivity contribution in [3.05, 3.63) is 16.1 Å². The van der Waals surface area contributed by atoms with Gasteiger partial charge >= 0.3 is 0 Å². The average Bonchev–Trinajstić information content (AvgIpc) is 2.94. The zero-order valence-corrected chi connectivity index (χ0v) is 11.6. The summed E-state index contributed by atoms with van der Waals surface area (Å²) in [4.78, 5) is 4.40. The molecular weight excluding hydrogens is 273 g/mol. The molecule has 2 N–H and O–H groups in total. The van der Waals surface area contributed by atoms with Crippen LogP contribution >= 0.6 is 23.2 Å². The lowest BCUT2D eigenvalue weighted by Gasteiger charge is -2.21. The van der Waals surface area contributed by atoms with Crippen LogP contribution in [0.15, 0.2) is 6.07 Å². The van der Waals surface area contributed by atoms with Crippen LogP contribution in [0.1, 0.15) is 19.3 Å². The average molecular weight is 288 g/mol. The molecule has 0 aromatic carbocycles. The Kier molecular flexibility index (Phi) is 3.26. The van der Waals surface area contributed by atoms with Crippen LogP contribution in [-0.4, -0.2) is 30.3 Å². The Morgan fingerprint density at radius 2 is 2.06 bits per heavy atom. The highest BCUT2D eigenvalue weighted by atomic mass is 35.5. The van der Waals surface area contributed by atoms with E-state index in [0.29, 0.717) is 39.9 Å². The van der Waals surface area contributed by atoms with Crippen molar-refractivity contribution < 1.29 is 4.74 Å². The number of aromatic nitrogens is 1. The van der Waals surface area contributed by atoms with E-state index in [1.54, 1.807) is 13.1 Å². The van der Waals surface area contributed by atoms with E-state index in [9.17, 15) is 0 Å². The standard InChI is InChI=1S/C12H15Cl2N3O/c1-15-11-7(13)5-8(14)12(17-11)16-9-4-6-2-3-10(9)18-6/h5-6,9-10H,2-4H2,1H3,(H2,15,16,17). The highest BCUT2D eigenvalue weighted by Gasteiger charge is 2.41. The van der Waals surface area contributed by atoms with E-state index in [0.717, 1.165) is 12.8 Å². The largest absolute Gasteiger partial charge is 0.373 e. The highest BCUT2D eigenvalue weighted by Crippen LogP contribution is 2.37. The Balaban J connectivity index is 1.80. The SMILES string of the molecule is CNc1nc(NC2CC3CCC2O3)c(Cl)cc1Cl. The predicted molar refractivity (Wildman–Crippen MR) is 73.7 cm³/mol. The fraction of sp³-hybridized carbons (Fsp3) is 0.583. The fourth-order valence-corrected chi connectivity index (χ4v) is 3.22. The Labute approximate surface area is 116 Å². The van der Waals surface area contributed by atoms with Gasteiger partial charge in [-0.2, -0.15) is 0 Å². The molecule has 3 unspecified atom stereocenters. The first-order chi connectivity index (χ1) is 8.67. The molecule has 2 fully saturated rings. The van der Waals surface area contributed by atoms with Crippen LogP contribution in [0.5, 0.6) is 0 Å². The summed E-state index contributed by atoms with van der Waals surface area (Å²) >= 11 is 12.2. The molecule has 1 aromatic heterocycles. The molecule has 6 heteroatoms. The van der Waals surface area contributed by atoms with Gasteiger partial charge in [-0.3, -0.25) is 0 Å². The summed E-state index contributed by atoms with van der Waals surface area (Å²) in [6, 6.07) is 2.01. The molecule has 2 aliphatic heterocycles. The van der Waals surface area contributed by atoms with Crippen LogP contribution in [0.3, 0.4) is 0 Å². The fourth-order valence-electron chi connectivity index (χ4n) is 2.71. The third kappa shape index (κ3) is 2.13. The number of anilines is 2. The number of nitrogens with zero attached hydrogens (tertiary/aromatic N) is 1. The van der Waals surface area contributed by atoms with Gasteiger partial charge in [0.25, 0.3) is 0 Å². The van der Waals surface area contributed by atoms with Crippen molar-refractivity contribution in [2.24, 2.45) is 0 Å². The van der Waals surface area contributed by atoms with Crippen molar-refractivity contribution >= 4 is 34.8 Å². The zero-order valence-electron chi connectivity index (χ0n) is 10.0. The number of hydrogen-bond acceptors (Lipinski definition) is 4. The van der Waals surface area contributed by atoms with Crippen molar-refractivity contribution in [3.8, 4) is 0 Å². The highest BCUT2D eigenvalue weighted by molar-refractivity contribution is 6.37. The Morgan fingerprint density at radius 1 is 1.28 bits per heavy atom. The van der Waals surface area contributed by atoms with E-state index >= 15 is 0 Å². The summed E-state index contributed by atoms with van der Waals surface area (Å²) < 4.78 is 5.80. The lowest BCUT2D eigenvalue weighted by atomic mass is 9.95. The van der Waals surface area contributed by atoms with Crippen LogP contribution in [-0.2, 0) is 4.74 Å². The maximum Gasteiger partial charge on any atom is 0.147 e. The summed E-state index contributed by atoms with van der Waals surface area (Å²) in [7, 11) is 1.78. The summed E-state index contributed by atoms with van der Waals surface area (Å²) in [5.74, 6) is 1.30. The lowest BCUT2D eigenvalue weighted by molar-refractivity contribution is 0.102. The van der Waals surface area contributed by atoms with E-state index < -0.39 is 0 Å². The maximum atomic E-state index is 6.16. The summed E-state index contributed by atoms with van der Waals surface area (Å²) in [5.41, 5.74) is 0. The molecule has 1 aromatic rings. The molecule has 2 saturated heterocycles. The number of hydrogen-bond donors (Lipinski definition) is 2. The molecule has 18 heavy (non-hydrogen) atoms. The molecule has 98 valence electrons. The van der Waals surface area contributed by atoms with Gasteiger partial charge in [0.2, 0.25) is 0 Å². The third-order valence-electron chi connectivity index (χ3n) is 3.59. The molecule has 2 aliphatic rings. The minimum atomic E-state index is 0.293. The number of nitrogens with one attached hydrogen (secondary N) is 2. The van der Waals surface area contributed by atoms with Crippen molar-refractivity contribution in [1.29, 1.82) is 0 Å². The first-order valence-electron chi connectivity index (χ1n) is 6.13. The van der Waals surface area contributed by atoms with Crippen molar-refractivity contribution in [1.82, 2.24) is 4.98 Å². The van der Waals surface area contributed by atoms with E-state index in [2.05, 4.69) is 15.6 Å². The van der Waals surface area contributed by atoms with Crippen molar-refractivity contribution in [3.63, 3.8) is 0 Å². The second-order valence-electron chi connectivity index (χ2n) is 4.76. The number of halogens is 2. The van der Waals surface area contributed by atoms with Gasteiger partial charge in [-0.1, -0.05) is 23.2 Å². The zero-order chi connectivity index (χ0) is 12.7. The summed E-state index contributed by atoms with van der Waals surface area (Å²) in [6.07, 6.45) is 4.02. The molecule has 0 spiro atoms. The van der Waals surface area contributed by atoms with Gasteiger partial charge in [-0.15, -0.1) is 0 Å². The van der Waals surface area contributed by atoms with E-state index in [4.69, 9.17) is 27.9 Å². The van der Waals surface area contributed by atoms with Gasteiger partial charge in [0.1, 0.15) is 11.6 Å². The Bertz CT molecular complexity index is 469. The molecule has 3 heterocycles. The smallest absolute Gasteiger partial charge is 0.147 e. The van der Waals surface area contributed by atoms with E-state index in [1.165, 1.54) is 6.42 Å². The van der Waals surface area contributed by atoms with Gasteiger partial charge in [-0.05, 0) is 25.3 Å². The van der Waals surface area contributed by atoms with Gasteiger partial charge < -0.3 is 15.4 Å². The number of fused-ring (bicyclic) bond motifs is 2. The van der Waals surface area contributed by atoms with Gasteiger partial charge in [0.05, 0.1) is 28.3 Å². The van der Waals surface area contributed by atoms with Crippen LogP contribution in [0.25, 0.3) is 0 Å². The number of rotatable bonds is 3. The van der Waals surface area contributed by atoms with Crippen LogP contribution in [0.2, 0.25) is 10.0 Å². The lowest BCUT2D eigenvalue weighted by Crippen LogP contribution is -2.31. The van der Waals surface area contributed by atoms with Gasteiger partial charge in [0.15, 0.2) is 0 Å². The Hall–Kier alpha value is -0.710. The van der Waals surface area contributed by atoms with Gasteiger partial charge in [-0.25, -0.2) is 4.98 Å². The number of ether oxygens (including phenoxy) is 1. The molecule has 3 atom stereocenters. The molecule has 2 bridgehead atoms. The topological polar surface area (TPSA) is 46.2 Å². The summed E-state index contributed by atoms with van der Waals surface area (Å²) in [5, 5.41) is 7.39. The normalized spacial score (nSPS) is 29.6. The minimum Gasteiger partial charge on any atom is -0.373 e. The third-order valence-corrected chi connectivity index (χ3v) is 4.17. The molecule has 4 nitrogen and oxygen atoms in total.